The first-order valence-electron chi connectivity index (χ1n) is 11.3. The van der Waals surface area contributed by atoms with E-state index < -0.39 is 0 Å². The lowest BCUT2D eigenvalue weighted by molar-refractivity contribution is -0.122. The van der Waals surface area contributed by atoms with Gasteiger partial charge in [0.2, 0.25) is 0 Å². The largest absolute Gasteiger partial charge is 0.454 e. The molecule has 6 heteroatoms. The Bertz CT molecular complexity index is 1160. The van der Waals surface area contributed by atoms with Gasteiger partial charge in [0, 0.05) is 44.0 Å². The molecule has 33 heavy (non-hydrogen) atoms. The summed E-state index contributed by atoms with van der Waals surface area (Å²) in [7, 11) is 1.82. The van der Waals surface area contributed by atoms with Gasteiger partial charge in [-0.15, -0.1) is 0 Å². The zero-order valence-corrected chi connectivity index (χ0v) is 20.4. The smallest absolute Gasteiger partial charge is 0.280 e. The maximum atomic E-state index is 13.1. The molecule has 0 saturated carbocycles. The number of thiocarbonyl (C=S) groups is 1. The number of benzene rings is 2. The fraction of sp³-hybridized carbons (Fsp3) is 0.259. The highest BCUT2D eigenvalue weighted by Gasteiger charge is 2.38. The molecule has 0 N–H and O–H groups in total. The van der Waals surface area contributed by atoms with E-state index in [2.05, 4.69) is 61.2 Å². The normalized spacial score (nSPS) is 18.0. The second kappa shape index (κ2) is 9.63. The van der Waals surface area contributed by atoms with E-state index in [1.54, 1.807) is 9.80 Å². The Morgan fingerprint density at radius 3 is 2.39 bits per heavy atom. The molecular weight excluding hydrogens is 430 g/mol. The van der Waals surface area contributed by atoms with E-state index in [1.165, 1.54) is 0 Å². The molecule has 0 bridgehead atoms. The van der Waals surface area contributed by atoms with E-state index in [1.807, 2.05) is 38.2 Å². The first-order chi connectivity index (χ1) is 16.0. The molecule has 0 atom stereocenters. The van der Waals surface area contributed by atoms with Crippen molar-refractivity contribution >= 4 is 40.6 Å². The van der Waals surface area contributed by atoms with Crippen LogP contribution < -0.4 is 9.64 Å². The van der Waals surface area contributed by atoms with Crippen LogP contribution in [-0.2, 0) is 4.79 Å². The number of carbonyl (C=O) groups is 1. The summed E-state index contributed by atoms with van der Waals surface area (Å²) in [5, 5.41) is 0.492. The number of hydrogen-bond acceptors (Lipinski definition) is 4. The first kappa shape index (κ1) is 22.8. The standard InChI is InChI=1S/C27H29N3O2S/c1-5-29(6-2)21-15-16-22-20(14-13-19-11-9-8-10-12-19)17-24(32-23(22)18-21)25-26(31)30(7-3)27(33)28(25)4/h8-18H,5-7H2,1-4H3. The minimum absolute atomic E-state index is 0.133. The van der Waals surface area contributed by atoms with Gasteiger partial charge in [-0.25, -0.2) is 0 Å². The third kappa shape index (κ3) is 4.31. The second-order valence-corrected chi connectivity index (χ2v) is 8.27. The lowest BCUT2D eigenvalue weighted by Crippen LogP contribution is -2.30. The molecule has 1 saturated heterocycles. The molecule has 170 valence electrons. The molecule has 0 aromatic heterocycles. The van der Waals surface area contributed by atoms with Gasteiger partial charge in [0.25, 0.3) is 5.91 Å². The Morgan fingerprint density at radius 2 is 1.76 bits per heavy atom. The van der Waals surface area contributed by atoms with Crippen molar-refractivity contribution in [3.63, 3.8) is 0 Å². The van der Waals surface area contributed by atoms with Gasteiger partial charge in [-0.1, -0.05) is 42.5 Å². The lowest BCUT2D eigenvalue weighted by atomic mass is 9.99. The van der Waals surface area contributed by atoms with Crippen LogP contribution in [0.1, 0.15) is 31.9 Å². The third-order valence-corrected chi connectivity index (χ3v) is 6.51. The Balaban J connectivity index is 1.84. The van der Waals surface area contributed by atoms with Crippen molar-refractivity contribution in [1.82, 2.24) is 9.80 Å². The molecule has 0 unspecified atom stereocenters. The van der Waals surface area contributed by atoms with E-state index in [0.717, 1.165) is 41.2 Å². The average molecular weight is 460 g/mol. The molecule has 2 aromatic rings. The molecule has 5 nitrogen and oxygen atoms in total. The minimum atomic E-state index is -0.133. The molecule has 1 fully saturated rings. The summed E-state index contributed by atoms with van der Waals surface area (Å²) in [6, 6.07) is 16.4. The van der Waals surface area contributed by atoms with Crippen LogP contribution in [-0.4, -0.2) is 47.5 Å². The van der Waals surface area contributed by atoms with Gasteiger partial charge in [-0.05, 0) is 62.3 Å². The molecular formula is C27H29N3O2S. The summed E-state index contributed by atoms with van der Waals surface area (Å²) < 4.78 is 6.35. The minimum Gasteiger partial charge on any atom is -0.454 e. The highest BCUT2D eigenvalue weighted by Crippen LogP contribution is 2.39. The number of rotatable bonds is 6. The SMILES string of the molecule is CCN1C(=O)C(=C2C=C(C=Cc3ccccc3)c3ccc(N(CC)CC)cc3O2)N(C)C1=S. The second-order valence-electron chi connectivity index (χ2n) is 7.90. The van der Waals surface area contributed by atoms with Crippen LogP contribution in [0, 0.1) is 0 Å². The average Bonchev–Trinajstić information content (AvgIpc) is 3.05. The van der Waals surface area contributed by atoms with Crippen molar-refractivity contribution < 1.29 is 9.53 Å². The third-order valence-electron chi connectivity index (χ3n) is 6.02. The summed E-state index contributed by atoms with van der Waals surface area (Å²) >= 11 is 5.49. The number of fused-ring (bicyclic) bond motifs is 1. The highest BCUT2D eigenvalue weighted by atomic mass is 32.1. The number of anilines is 1. The van der Waals surface area contributed by atoms with E-state index >= 15 is 0 Å². The molecule has 2 aromatic carbocycles. The number of hydrogen-bond donors (Lipinski definition) is 0. The quantitative estimate of drug-likeness (QED) is 0.432. The topological polar surface area (TPSA) is 36.0 Å². The molecule has 2 heterocycles. The Hall–Kier alpha value is -3.38. The summed E-state index contributed by atoms with van der Waals surface area (Å²) in [6.07, 6.45) is 6.08. The van der Waals surface area contributed by atoms with Crippen LogP contribution in [0.4, 0.5) is 5.69 Å². The molecule has 4 rings (SSSR count). The zero-order valence-electron chi connectivity index (χ0n) is 19.5. The van der Waals surface area contributed by atoms with E-state index in [9.17, 15) is 4.79 Å². The number of nitrogens with zero attached hydrogens (tertiary/aromatic N) is 3. The highest BCUT2D eigenvalue weighted by molar-refractivity contribution is 7.80. The zero-order chi connectivity index (χ0) is 23.5. The molecule has 2 aliphatic heterocycles. The first-order valence-corrected chi connectivity index (χ1v) is 11.7. The predicted molar refractivity (Wildman–Crippen MR) is 139 cm³/mol. The van der Waals surface area contributed by atoms with Crippen molar-refractivity contribution in [2.75, 3.05) is 31.6 Å². The summed E-state index contributed by atoms with van der Waals surface area (Å²) in [4.78, 5) is 18.7. The Labute approximate surface area is 201 Å². The van der Waals surface area contributed by atoms with Crippen molar-refractivity contribution in [1.29, 1.82) is 0 Å². The van der Waals surface area contributed by atoms with Gasteiger partial charge in [-0.3, -0.25) is 9.69 Å². The van der Waals surface area contributed by atoms with Gasteiger partial charge in [-0.2, -0.15) is 0 Å². The number of carbonyl (C=O) groups excluding carboxylic acids is 1. The summed E-state index contributed by atoms with van der Waals surface area (Å²) in [5.41, 5.74) is 4.63. The number of ether oxygens (including phenoxy) is 1. The van der Waals surface area contributed by atoms with Gasteiger partial charge < -0.3 is 14.5 Å². The van der Waals surface area contributed by atoms with Gasteiger partial charge in [0.15, 0.2) is 16.6 Å². The molecule has 1 amide bonds. The number of amides is 1. The van der Waals surface area contributed by atoms with Gasteiger partial charge >= 0.3 is 0 Å². The van der Waals surface area contributed by atoms with E-state index in [4.69, 9.17) is 17.0 Å². The fourth-order valence-electron chi connectivity index (χ4n) is 4.18. The summed E-state index contributed by atoms with van der Waals surface area (Å²) in [5.74, 6) is 1.11. The molecule has 2 aliphatic rings. The van der Waals surface area contributed by atoms with E-state index in [0.29, 0.717) is 23.1 Å². The van der Waals surface area contributed by atoms with Crippen LogP contribution in [0.25, 0.3) is 11.6 Å². The van der Waals surface area contributed by atoms with Crippen molar-refractivity contribution in [3.8, 4) is 5.75 Å². The van der Waals surface area contributed by atoms with Crippen molar-refractivity contribution in [2.45, 2.75) is 20.8 Å². The molecule has 0 spiro atoms. The Kier molecular flexibility index (Phi) is 6.65. The maximum absolute atomic E-state index is 13.1. The van der Waals surface area contributed by atoms with Crippen molar-refractivity contribution in [2.24, 2.45) is 0 Å². The Morgan fingerprint density at radius 1 is 1.03 bits per heavy atom. The van der Waals surface area contributed by atoms with Crippen LogP contribution in [0.3, 0.4) is 0 Å². The molecule has 0 radical (unpaired) electrons. The van der Waals surface area contributed by atoms with Crippen molar-refractivity contribution in [3.05, 3.63) is 83.3 Å². The van der Waals surface area contributed by atoms with Crippen LogP contribution >= 0.6 is 12.2 Å². The van der Waals surface area contributed by atoms with Gasteiger partial charge in [0.1, 0.15) is 5.75 Å². The van der Waals surface area contributed by atoms with Crippen LogP contribution in [0.15, 0.2) is 72.1 Å². The predicted octanol–water partition coefficient (Wildman–Crippen LogP) is 5.31. The van der Waals surface area contributed by atoms with E-state index in [-0.39, 0.29) is 5.91 Å². The lowest BCUT2D eigenvalue weighted by Gasteiger charge is -2.25. The number of likely N-dealkylation sites (N-methyl/N-ethyl adjacent to an activating group) is 2. The van der Waals surface area contributed by atoms with Crippen LogP contribution in [0.2, 0.25) is 0 Å². The number of allylic oxidation sites excluding steroid dienone is 3. The summed E-state index contributed by atoms with van der Waals surface area (Å²) in [6.45, 7) is 8.52. The van der Waals surface area contributed by atoms with Gasteiger partial charge in [0.05, 0.1) is 0 Å². The monoisotopic (exact) mass is 459 g/mol. The maximum Gasteiger partial charge on any atom is 0.280 e. The molecule has 0 aliphatic carbocycles. The van der Waals surface area contributed by atoms with Crippen LogP contribution in [0.5, 0.6) is 5.75 Å². The fourth-order valence-corrected chi connectivity index (χ4v) is 4.48.